The van der Waals surface area contributed by atoms with Crippen molar-refractivity contribution in [1.82, 2.24) is 14.9 Å². The lowest BCUT2D eigenvalue weighted by molar-refractivity contribution is -0.174. The number of alkyl halides is 3. The molecule has 0 atom stereocenters. The number of hydrogen-bond acceptors (Lipinski definition) is 7. The van der Waals surface area contributed by atoms with E-state index in [0.717, 1.165) is 11.8 Å². The highest BCUT2D eigenvalue weighted by atomic mass is 19.4. The fraction of sp³-hybridized carbons (Fsp3) is 0.571. The van der Waals surface area contributed by atoms with E-state index in [1.54, 1.807) is 0 Å². The molecule has 0 aliphatic carbocycles. The van der Waals surface area contributed by atoms with E-state index in [1.165, 1.54) is 17.0 Å². The Kier molecular flexibility index (Phi) is 6.75. The van der Waals surface area contributed by atoms with Gasteiger partial charge in [-0.2, -0.15) is 13.2 Å². The van der Waals surface area contributed by atoms with Crippen molar-refractivity contribution in [3.63, 3.8) is 0 Å². The van der Waals surface area contributed by atoms with Gasteiger partial charge in [0, 0.05) is 64.3 Å². The van der Waals surface area contributed by atoms with Gasteiger partial charge in [-0.15, -0.1) is 5.06 Å². The van der Waals surface area contributed by atoms with Gasteiger partial charge < -0.3 is 19.4 Å². The Labute approximate surface area is 188 Å². The Morgan fingerprint density at radius 3 is 2.21 bits per heavy atom. The van der Waals surface area contributed by atoms with Crippen molar-refractivity contribution in [3.8, 4) is 0 Å². The molecule has 0 bridgehead atoms. The van der Waals surface area contributed by atoms with Crippen LogP contribution >= 0.6 is 0 Å². The van der Waals surface area contributed by atoms with E-state index in [2.05, 4.69) is 0 Å². The van der Waals surface area contributed by atoms with Crippen LogP contribution in [-0.2, 0) is 31.9 Å². The van der Waals surface area contributed by atoms with Gasteiger partial charge in [0.25, 0.3) is 11.8 Å². The standard InChI is InChI=1S/C21H25F3N4O5/c22-21(23,24)16-1-2-17(26-9-11-32-12-10-26)15(13-16)14-25-5-7-27(8-6-25)20(31)33-28-18(29)3-4-19(28)30/h1-2,13H,3-12,14H2. The highest BCUT2D eigenvalue weighted by Gasteiger charge is 2.35. The van der Waals surface area contributed by atoms with Gasteiger partial charge in [-0.3, -0.25) is 14.5 Å². The molecule has 3 aliphatic rings. The summed E-state index contributed by atoms with van der Waals surface area (Å²) in [5.41, 5.74) is 0.617. The third kappa shape index (κ3) is 5.38. The summed E-state index contributed by atoms with van der Waals surface area (Å²) in [4.78, 5) is 45.9. The third-order valence-corrected chi connectivity index (χ3v) is 5.96. The number of halogens is 3. The van der Waals surface area contributed by atoms with Crippen LogP contribution in [0.2, 0.25) is 0 Å². The van der Waals surface area contributed by atoms with Gasteiger partial charge in [-0.05, 0) is 23.8 Å². The number of hydroxylamine groups is 2. The number of ether oxygens (including phenoxy) is 1. The van der Waals surface area contributed by atoms with Crippen LogP contribution in [0.15, 0.2) is 18.2 Å². The second kappa shape index (κ2) is 9.56. The Hall–Kier alpha value is -2.86. The molecule has 180 valence electrons. The van der Waals surface area contributed by atoms with E-state index in [9.17, 15) is 27.6 Å². The van der Waals surface area contributed by atoms with Crippen LogP contribution < -0.4 is 4.90 Å². The predicted octanol–water partition coefficient (Wildman–Crippen LogP) is 1.86. The Morgan fingerprint density at radius 2 is 1.61 bits per heavy atom. The van der Waals surface area contributed by atoms with Crippen molar-refractivity contribution < 1.29 is 37.1 Å². The van der Waals surface area contributed by atoms with Crippen LogP contribution in [0.3, 0.4) is 0 Å². The first-order valence-electron chi connectivity index (χ1n) is 10.8. The van der Waals surface area contributed by atoms with Gasteiger partial charge in [-0.1, -0.05) is 0 Å². The monoisotopic (exact) mass is 470 g/mol. The van der Waals surface area contributed by atoms with Crippen molar-refractivity contribution in [3.05, 3.63) is 29.3 Å². The summed E-state index contributed by atoms with van der Waals surface area (Å²) < 4.78 is 45.3. The molecule has 3 fully saturated rings. The van der Waals surface area contributed by atoms with Crippen LogP contribution in [0.5, 0.6) is 0 Å². The number of benzene rings is 1. The maximum absolute atomic E-state index is 13.3. The zero-order valence-corrected chi connectivity index (χ0v) is 18.0. The molecule has 0 aromatic heterocycles. The largest absolute Gasteiger partial charge is 0.434 e. The number of carbonyl (C=O) groups is 3. The summed E-state index contributed by atoms with van der Waals surface area (Å²) in [5, 5.41) is 0.506. The van der Waals surface area contributed by atoms with Crippen molar-refractivity contribution in [1.29, 1.82) is 0 Å². The maximum Gasteiger partial charge on any atom is 0.434 e. The van der Waals surface area contributed by atoms with Crippen LogP contribution in [0.1, 0.15) is 24.0 Å². The topological polar surface area (TPSA) is 82.6 Å². The van der Waals surface area contributed by atoms with E-state index in [-0.39, 0.29) is 25.9 Å². The molecule has 0 radical (unpaired) electrons. The highest BCUT2D eigenvalue weighted by Crippen LogP contribution is 2.34. The van der Waals surface area contributed by atoms with E-state index < -0.39 is 29.6 Å². The minimum atomic E-state index is -4.44. The van der Waals surface area contributed by atoms with Crippen LogP contribution in [0.4, 0.5) is 23.7 Å². The number of carbonyl (C=O) groups excluding carboxylic acids is 3. The molecule has 0 unspecified atom stereocenters. The molecule has 3 amide bonds. The molecule has 1 aromatic rings. The molecule has 33 heavy (non-hydrogen) atoms. The highest BCUT2D eigenvalue weighted by molar-refractivity contribution is 6.01. The van der Waals surface area contributed by atoms with Crippen molar-refractivity contribution in [2.45, 2.75) is 25.6 Å². The number of hydrogen-bond donors (Lipinski definition) is 0. The van der Waals surface area contributed by atoms with Crippen molar-refractivity contribution in [2.75, 3.05) is 57.4 Å². The number of morpholine rings is 1. The molecule has 0 saturated carbocycles. The van der Waals surface area contributed by atoms with Gasteiger partial charge in [-0.25, -0.2) is 4.79 Å². The summed E-state index contributed by atoms with van der Waals surface area (Å²) in [5.74, 6) is -1.10. The molecule has 9 nitrogen and oxygen atoms in total. The zero-order valence-electron chi connectivity index (χ0n) is 18.0. The normalized spacial score (nSPS) is 20.5. The van der Waals surface area contributed by atoms with Gasteiger partial charge in [0.2, 0.25) is 0 Å². The summed E-state index contributed by atoms with van der Waals surface area (Å²) in [6.45, 7) is 3.89. The molecule has 3 heterocycles. The summed E-state index contributed by atoms with van der Waals surface area (Å²) in [6.07, 6.45) is -5.19. The van der Waals surface area contributed by atoms with Crippen LogP contribution in [0, 0.1) is 0 Å². The van der Waals surface area contributed by atoms with E-state index in [1.807, 2.05) is 9.80 Å². The Bertz CT molecular complexity index is 896. The van der Waals surface area contributed by atoms with Gasteiger partial charge in [0.05, 0.1) is 18.8 Å². The minimum Gasteiger partial charge on any atom is -0.378 e. The molecule has 4 rings (SSSR count). The number of imide groups is 1. The first kappa shape index (κ1) is 23.3. The molecule has 3 aliphatic heterocycles. The average molecular weight is 470 g/mol. The summed E-state index contributed by atoms with van der Waals surface area (Å²) in [6, 6.07) is 3.81. The second-order valence-corrected chi connectivity index (χ2v) is 8.14. The zero-order chi connectivity index (χ0) is 23.6. The molecular formula is C21H25F3N4O5. The van der Waals surface area contributed by atoms with Gasteiger partial charge in [0.15, 0.2) is 0 Å². The second-order valence-electron chi connectivity index (χ2n) is 8.14. The molecule has 3 saturated heterocycles. The number of nitrogens with zero attached hydrogens (tertiary/aromatic N) is 4. The third-order valence-electron chi connectivity index (χ3n) is 5.96. The van der Waals surface area contributed by atoms with E-state index in [0.29, 0.717) is 56.6 Å². The molecule has 12 heteroatoms. The molecule has 0 spiro atoms. The smallest absolute Gasteiger partial charge is 0.378 e. The Morgan fingerprint density at radius 1 is 0.970 bits per heavy atom. The van der Waals surface area contributed by atoms with Gasteiger partial charge in [0.1, 0.15) is 0 Å². The molecule has 1 aromatic carbocycles. The summed E-state index contributed by atoms with van der Waals surface area (Å²) >= 11 is 0. The lowest BCUT2D eigenvalue weighted by Crippen LogP contribution is -2.50. The van der Waals surface area contributed by atoms with Crippen molar-refractivity contribution in [2.24, 2.45) is 0 Å². The predicted molar refractivity (Wildman–Crippen MR) is 109 cm³/mol. The quantitative estimate of drug-likeness (QED) is 0.622. The fourth-order valence-electron chi connectivity index (χ4n) is 4.12. The lowest BCUT2D eigenvalue weighted by atomic mass is 10.1. The summed E-state index contributed by atoms with van der Waals surface area (Å²) in [7, 11) is 0. The molecular weight excluding hydrogens is 445 g/mol. The number of piperazine rings is 1. The van der Waals surface area contributed by atoms with Gasteiger partial charge >= 0.3 is 12.3 Å². The van der Waals surface area contributed by atoms with Crippen LogP contribution in [-0.4, -0.2) is 85.3 Å². The lowest BCUT2D eigenvalue weighted by Gasteiger charge is -2.36. The maximum atomic E-state index is 13.3. The first-order chi connectivity index (χ1) is 15.7. The fourth-order valence-corrected chi connectivity index (χ4v) is 4.12. The van der Waals surface area contributed by atoms with E-state index in [4.69, 9.17) is 9.57 Å². The van der Waals surface area contributed by atoms with E-state index >= 15 is 0 Å². The average Bonchev–Trinajstić information content (AvgIpc) is 3.11. The van der Waals surface area contributed by atoms with Crippen LogP contribution in [0.25, 0.3) is 0 Å². The first-order valence-corrected chi connectivity index (χ1v) is 10.8. The SMILES string of the molecule is O=C(ON1C(=O)CCC1=O)N1CCN(Cc2cc(C(F)(F)F)ccc2N2CCOCC2)CC1. The van der Waals surface area contributed by atoms with Crippen molar-refractivity contribution >= 4 is 23.6 Å². The number of anilines is 1. The molecule has 0 N–H and O–H groups in total. The minimum absolute atomic E-state index is 0.0162. The number of rotatable bonds is 4. The number of amides is 3. The Balaban J connectivity index is 1.40.